The fourth-order valence-corrected chi connectivity index (χ4v) is 4.16. The standard InChI is InChI=1S/C24H29FN2O4/c1-15(18-12-19(25)14-26-13-18)21-10-9-20(27(21)23(30)31-24(2,3)4)11-16-5-7-17(8-6-16)22(28)29/h5-8,12-15,20-21H,9-11H2,1-4H3,(H,28,29)/t15-,20+,21-/m1/s1. The zero-order valence-corrected chi connectivity index (χ0v) is 18.3. The average molecular weight is 429 g/mol. The molecule has 1 saturated heterocycles. The number of carboxylic acids is 1. The molecule has 1 amide bonds. The van der Waals surface area contributed by atoms with Crippen LogP contribution >= 0.6 is 0 Å². The summed E-state index contributed by atoms with van der Waals surface area (Å²) in [5.41, 5.74) is 1.28. The van der Waals surface area contributed by atoms with Crippen LogP contribution in [0.15, 0.2) is 42.7 Å². The number of rotatable bonds is 5. The molecule has 0 spiro atoms. The molecule has 0 radical (unpaired) electrons. The van der Waals surface area contributed by atoms with Gasteiger partial charge in [-0.1, -0.05) is 19.1 Å². The molecule has 31 heavy (non-hydrogen) atoms. The Kier molecular flexibility index (Phi) is 6.62. The van der Waals surface area contributed by atoms with Crippen molar-refractivity contribution >= 4 is 12.1 Å². The number of pyridine rings is 1. The highest BCUT2D eigenvalue weighted by Gasteiger charge is 2.42. The second kappa shape index (κ2) is 9.04. The predicted octanol–water partition coefficient (Wildman–Crippen LogP) is 5.03. The van der Waals surface area contributed by atoms with Crippen molar-refractivity contribution in [1.29, 1.82) is 0 Å². The summed E-state index contributed by atoms with van der Waals surface area (Å²) in [6, 6.07) is 7.92. The zero-order chi connectivity index (χ0) is 22.8. The maximum Gasteiger partial charge on any atom is 0.410 e. The van der Waals surface area contributed by atoms with E-state index in [1.165, 1.54) is 12.3 Å². The normalized spacial score (nSPS) is 19.8. The molecule has 1 fully saturated rings. The van der Waals surface area contributed by atoms with E-state index in [4.69, 9.17) is 9.84 Å². The van der Waals surface area contributed by atoms with Crippen molar-refractivity contribution in [2.45, 2.75) is 70.6 Å². The molecule has 1 aliphatic rings. The number of halogens is 1. The molecular formula is C24H29FN2O4. The average Bonchev–Trinajstić information content (AvgIpc) is 3.10. The molecule has 1 aliphatic heterocycles. The van der Waals surface area contributed by atoms with Crippen LogP contribution in [0.1, 0.15) is 67.9 Å². The summed E-state index contributed by atoms with van der Waals surface area (Å²) in [7, 11) is 0. The number of likely N-dealkylation sites (tertiary alicyclic amines) is 1. The summed E-state index contributed by atoms with van der Waals surface area (Å²) in [6.07, 6.45) is 4.54. The summed E-state index contributed by atoms with van der Waals surface area (Å²) in [6.45, 7) is 7.46. The third kappa shape index (κ3) is 5.60. The van der Waals surface area contributed by atoms with Gasteiger partial charge in [-0.25, -0.2) is 14.0 Å². The molecule has 7 heteroatoms. The highest BCUT2D eigenvalue weighted by molar-refractivity contribution is 5.87. The molecule has 0 bridgehead atoms. The van der Waals surface area contributed by atoms with Gasteiger partial charge in [0.1, 0.15) is 11.4 Å². The van der Waals surface area contributed by atoms with Crippen molar-refractivity contribution in [2.24, 2.45) is 0 Å². The van der Waals surface area contributed by atoms with E-state index in [9.17, 15) is 14.0 Å². The molecule has 6 nitrogen and oxygen atoms in total. The van der Waals surface area contributed by atoms with Crippen LogP contribution in [-0.2, 0) is 11.2 Å². The molecule has 1 N–H and O–H groups in total. The van der Waals surface area contributed by atoms with Crippen molar-refractivity contribution in [3.05, 3.63) is 65.2 Å². The summed E-state index contributed by atoms with van der Waals surface area (Å²) in [4.78, 5) is 30.0. The van der Waals surface area contributed by atoms with E-state index < -0.39 is 23.5 Å². The van der Waals surface area contributed by atoms with Gasteiger partial charge in [0.05, 0.1) is 11.8 Å². The second-order valence-electron chi connectivity index (χ2n) is 9.12. The van der Waals surface area contributed by atoms with Gasteiger partial charge < -0.3 is 14.7 Å². The third-order valence-electron chi connectivity index (χ3n) is 5.65. The summed E-state index contributed by atoms with van der Waals surface area (Å²) in [5, 5.41) is 9.11. The summed E-state index contributed by atoms with van der Waals surface area (Å²) < 4.78 is 19.4. The fraction of sp³-hybridized carbons (Fsp3) is 0.458. The lowest BCUT2D eigenvalue weighted by Crippen LogP contribution is -2.46. The Balaban J connectivity index is 1.85. The molecule has 0 unspecified atom stereocenters. The van der Waals surface area contributed by atoms with Gasteiger partial charge in [0.15, 0.2) is 0 Å². The van der Waals surface area contributed by atoms with Crippen LogP contribution < -0.4 is 0 Å². The first-order valence-corrected chi connectivity index (χ1v) is 10.5. The lowest BCUT2D eigenvalue weighted by molar-refractivity contribution is 0.0126. The lowest BCUT2D eigenvalue weighted by atomic mass is 9.93. The van der Waals surface area contributed by atoms with Crippen LogP contribution in [0.2, 0.25) is 0 Å². The van der Waals surface area contributed by atoms with E-state index in [0.29, 0.717) is 6.42 Å². The van der Waals surface area contributed by atoms with Crippen LogP contribution in [-0.4, -0.2) is 44.7 Å². The molecule has 2 heterocycles. The number of carboxylic acid groups (broad SMARTS) is 1. The Labute approximate surface area is 182 Å². The highest BCUT2D eigenvalue weighted by Crippen LogP contribution is 2.36. The van der Waals surface area contributed by atoms with Crippen LogP contribution in [0.3, 0.4) is 0 Å². The van der Waals surface area contributed by atoms with E-state index in [1.54, 1.807) is 35.4 Å². The number of aromatic carboxylic acids is 1. The van der Waals surface area contributed by atoms with E-state index >= 15 is 0 Å². The van der Waals surface area contributed by atoms with Gasteiger partial charge in [0.2, 0.25) is 0 Å². The molecule has 0 saturated carbocycles. The second-order valence-corrected chi connectivity index (χ2v) is 9.12. The monoisotopic (exact) mass is 428 g/mol. The lowest BCUT2D eigenvalue weighted by Gasteiger charge is -2.35. The van der Waals surface area contributed by atoms with E-state index in [-0.39, 0.29) is 23.6 Å². The van der Waals surface area contributed by atoms with Crippen molar-refractivity contribution in [2.75, 3.05) is 0 Å². The van der Waals surface area contributed by atoms with Gasteiger partial charge in [0, 0.05) is 24.2 Å². The van der Waals surface area contributed by atoms with Gasteiger partial charge in [-0.3, -0.25) is 4.98 Å². The van der Waals surface area contributed by atoms with Crippen LogP contribution in [0.25, 0.3) is 0 Å². The number of carbonyl (C=O) groups excluding carboxylic acids is 1. The largest absolute Gasteiger partial charge is 0.478 e. The summed E-state index contributed by atoms with van der Waals surface area (Å²) in [5.74, 6) is -1.49. The Morgan fingerprint density at radius 2 is 1.90 bits per heavy atom. The minimum absolute atomic E-state index is 0.0977. The Morgan fingerprint density at radius 1 is 1.23 bits per heavy atom. The van der Waals surface area contributed by atoms with E-state index in [1.807, 2.05) is 27.7 Å². The van der Waals surface area contributed by atoms with E-state index in [0.717, 1.165) is 24.0 Å². The molecule has 166 valence electrons. The Morgan fingerprint density at radius 3 is 2.48 bits per heavy atom. The number of benzene rings is 1. The number of aromatic nitrogens is 1. The molecule has 0 aliphatic carbocycles. The molecule has 3 atom stereocenters. The Hall–Kier alpha value is -2.96. The van der Waals surface area contributed by atoms with Crippen LogP contribution in [0.5, 0.6) is 0 Å². The maximum absolute atomic E-state index is 13.7. The minimum Gasteiger partial charge on any atom is -0.478 e. The first kappa shape index (κ1) is 22.7. The topological polar surface area (TPSA) is 79.7 Å². The smallest absolute Gasteiger partial charge is 0.410 e. The first-order valence-electron chi connectivity index (χ1n) is 10.5. The number of hydrogen-bond acceptors (Lipinski definition) is 4. The number of ether oxygens (including phenoxy) is 1. The maximum atomic E-state index is 13.7. The van der Waals surface area contributed by atoms with Gasteiger partial charge in [-0.05, 0) is 69.4 Å². The molecule has 2 aromatic rings. The quantitative estimate of drug-likeness (QED) is 0.722. The SMILES string of the molecule is C[C@H](c1cncc(F)c1)[C@H]1CC[C@@H](Cc2ccc(C(=O)O)cc2)N1C(=O)OC(C)(C)C. The van der Waals surface area contributed by atoms with Crippen molar-refractivity contribution in [3.8, 4) is 0 Å². The predicted molar refractivity (Wildman–Crippen MR) is 115 cm³/mol. The van der Waals surface area contributed by atoms with Gasteiger partial charge >= 0.3 is 12.1 Å². The minimum atomic E-state index is -0.972. The molecule has 1 aromatic carbocycles. The van der Waals surface area contributed by atoms with Crippen LogP contribution in [0, 0.1) is 5.82 Å². The molecule has 1 aromatic heterocycles. The first-order chi connectivity index (χ1) is 14.5. The van der Waals surface area contributed by atoms with E-state index in [2.05, 4.69) is 4.98 Å². The van der Waals surface area contributed by atoms with Crippen molar-refractivity contribution < 1.29 is 23.8 Å². The fourth-order valence-electron chi connectivity index (χ4n) is 4.16. The Bertz CT molecular complexity index is 939. The molecular weight excluding hydrogens is 399 g/mol. The van der Waals surface area contributed by atoms with Crippen molar-refractivity contribution in [3.63, 3.8) is 0 Å². The number of hydrogen-bond donors (Lipinski definition) is 1. The number of nitrogens with zero attached hydrogens (tertiary/aromatic N) is 2. The number of amides is 1. The molecule has 3 rings (SSSR count). The van der Waals surface area contributed by atoms with Gasteiger partial charge in [-0.15, -0.1) is 0 Å². The van der Waals surface area contributed by atoms with Crippen molar-refractivity contribution in [1.82, 2.24) is 9.88 Å². The highest BCUT2D eigenvalue weighted by atomic mass is 19.1. The number of carbonyl (C=O) groups is 2. The van der Waals surface area contributed by atoms with Gasteiger partial charge in [-0.2, -0.15) is 0 Å². The third-order valence-corrected chi connectivity index (χ3v) is 5.65. The zero-order valence-electron chi connectivity index (χ0n) is 18.3. The van der Waals surface area contributed by atoms with Crippen LogP contribution in [0.4, 0.5) is 9.18 Å². The van der Waals surface area contributed by atoms with Gasteiger partial charge in [0.25, 0.3) is 0 Å². The summed E-state index contributed by atoms with van der Waals surface area (Å²) >= 11 is 0.